The van der Waals surface area contributed by atoms with Gasteiger partial charge in [0.15, 0.2) is 0 Å². The molecule has 0 nitrogen and oxygen atoms in total. The van der Waals surface area contributed by atoms with E-state index in [2.05, 4.69) is 47.1 Å². The van der Waals surface area contributed by atoms with Crippen LogP contribution in [0.4, 0.5) is 0 Å². The summed E-state index contributed by atoms with van der Waals surface area (Å²) in [7, 11) is 0. The topological polar surface area (TPSA) is 0 Å². The summed E-state index contributed by atoms with van der Waals surface area (Å²) in [6.45, 7) is 2.28. The molecule has 1 aromatic rings. The van der Waals surface area contributed by atoms with Crippen molar-refractivity contribution >= 4 is 15.9 Å². The summed E-state index contributed by atoms with van der Waals surface area (Å²) in [4.78, 5) is 0.592. The predicted molar refractivity (Wildman–Crippen MR) is 69.4 cm³/mol. The summed E-state index contributed by atoms with van der Waals surface area (Å²) >= 11 is 3.88. The van der Waals surface area contributed by atoms with Gasteiger partial charge in [-0.3, -0.25) is 0 Å². The van der Waals surface area contributed by atoms with Gasteiger partial charge in [-0.15, -0.1) is 0 Å². The predicted octanol–water partition coefficient (Wildman–Crippen LogP) is 4.88. The van der Waals surface area contributed by atoms with E-state index in [9.17, 15) is 0 Å². The standard InChI is InChI=1S/C14H19Br/c1-2-3-6-12-10-9-11-7-4-5-8-13(11)14(12)15/h4-5,7-8,12,14H,2-3,6,9-10H2,1H3. The van der Waals surface area contributed by atoms with Crippen LogP contribution in [-0.2, 0) is 6.42 Å². The first-order valence-corrected chi connectivity index (χ1v) is 6.96. The first-order valence-electron chi connectivity index (χ1n) is 6.04. The highest BCUT2D eigenvalue weighted by atomic mass is 79.9. The minimum atomic E-state index is 0.592. The highest BCUT2D eigenvalue weighted by Gasteiger charge is 2.26. The Kier molecular flexibility index (Phi) is 3.85. The molecule has 2 rings (SSSR count). The average Bonchev–Trinajstić information content (AvgIpc) is 2.29. The average molecular weight is 267 g/mol. The smallest absolute Gasteiger partial charge is 0.0426 e. The molecule has 1 aliphatic rings. The monoisotopic (exact) mass is 266 g/mol. The van der Waals surface area contributed by atoms with Gasteiger partial charge in [0.05, 0.1) is 0 Å². The van der Waals surface area contributed by atoms with Crippen LogP contribution < -0.4 is 0 Å². The van der Waals surface area contributed by atoms with Gasteiger partial charge in [0.1, 0.15) is 0 Å². The van der Waals surface area contributed by atoms with Crippen molar-refractivity contribution in [2.45, 2.75) is 43.9 Å². The van der Waals surface area contributed by atoms with E-state index in [0.29, 0.717) is 4.83 Å². The fraction of sp³-hybridized carbons (Fsp3) is 0.571. The molecule has 0 aliphatic heterocycles. The Morgan fingerprint density at radius 3 is 2.93 bits per heavy atom. The number of halogens is 1. The van der Waals surface area contributed by atoms with E-state index in [4.69, 9.17) is 0 Å². The maximum Gasteiger partial charge on any atom is 0.0426 e. The first-order chi connectivity index (χ1) is 7.33. The number of hydrogen-bond acceptors (Lipinski definition) is 0. The second-order valence-corrected chi connectivity index (χ2v) is 5.53. The van der Waals surface area contributed by atoms with Crippen LogP contribution in [0.1, 0.15) is 48.6 Å². The lowest BCUT2D eigenvalue weighted by molar-refractivity contribution is 0.410. The second-order valence-electron chi connectivity index (χ2n) is 4.54. The molecule has 1 heteroatoms. The zero-order chi connectivity index (χ0) is 10.7. The Morgan fingerprint density at radius 2 is 2.13 bits per heavy atom. The van der Waals surface area contributed by atoms with E-state index in [0.717, 1.165) is 5.92 Å². The SMILES string of the molecule is CCCCC1CCc2ccccc2C1Br. The van der Waals surface area contributed by atoms with Crippen LogP contribution in [0.5, 0.6) is 0 Å². The van der Waals surface area contributed by atoms with Crippen LogP contribution in [0.25, 0.3) is 0 Å². The van der Waals surface area contributed by atoms with Crippen molar-refractivity contribution in [3.8, 4) is 0 Å². The number of alkyl halides is 1. The Morgan fingerprint density at radius 1 is 1.33 bits per heavy atom. The van der Waals surface area contributed by atoms with Gasteiger partial charge in [0, 0.05) is 4.83 Å². The van der Waals surface area contributed by atoms with Crippen LogP contribution in [0.15, 0.2) is 24.3 Å². The lowest BCUT2D eigenvalue weighted by Crippen LogP contribution is -2.16. The van der Waals surface area contributed by atoms with Crippen molar-refractivity contribution in [2.75, 3.05) is 0 Å². The molecule has 82 valence electrons. The maximum atomic E-state index is 3.88. The quantitative estimate of drug-likeness (QED) is 0.685. The molecule has 0 amide bonds. The number of rotatable bonds is 3. The lowest BCUT2D eigenvalue weighted by atomic mass is 9.81. The van der Waals surface area contributed by atoms with Crippen molar-refractivity contribution in [3.63, 3.8) is 0 Å². The van der Waals surface area contributed by atoms with Crippen molar-refractivity contribution < 1.29 is 0 Å². The molecular weight excluding hydrogens is 248 g/mol. The van der Waals surface area contributed by atoms with Crippen LogP contribution >= 0.6 is 15.9 Å². The summed E-state index contributed by atoms with van der Waals surface area (Å²) in [6, 6.07) is 8.88. The third-order valence-electron chi connectivity index (χ3n) is 3.48. The Labute approximate surface area is 101 Å². The molecule has 0 radical (unpaired) electrons. The number of unbranched alkanes of at least 4 members (excludes halogenated alkanes) is 1. The zero-order valence-corrected chi connectivity index (χ0v) is 11.0. The highest BCUT2D eigenvalue weighted by Crippen LogP contribution is 2.42. The van der Waals surface area contributed by atoms with E-state index in [1.165, 1.54) is 37.7 Å². The van der Waals surface area contributed by atoms with Gasteiger partial charge in [0.25, 0.3) is 0 Å². The first kappa shape index (κ1) is 11.2. The largest absolute Gasteiger partial charge is 0.0836 e. The molecule has 2 atom stereocenters. The molecule has 15 heavy (non-hydrogen) atoms. The molecule has 2 unspecified atom stereocenters. The second kappa shape index (κ2) is 5.16. The van der Waals surface area contributed by atoms with Gasteiger partial charge in [-0.2, -0.15) is 0 Å². The van der Waals surface area contributed by atoms with Crippen molar-refractivity contribution in [1.82, 2.24) is 0 Å². The summed E-state index contributed by atoms with van der Waals surface area (Å²) in [5.74, 6) is 0.847. The van der Waals surface area contributed by atoms with Gasteiger partial charge in [-0.05, 0) is 36.3 Å². The summed E-state index contributed by atoms with van der Waals surface area (Å²) < 4.78 is 0. The number of benzene rings is 1. The minimum Gasteiger partial charge on any atom is -0.0836 e. The molecule has 0 spiro atoms. The zero-order valence-electron chi connectivity index (χ0n) is 9.38. The third-order valence-corrected chi connectivity index (χ3v) is 4.72. The van der Waals surface area contributed by atoms with E-state index < -0.39 is 0 Å². The van der Waals surface area contributed by atoms with E-state index in [1.54, 1.807) is 5.56 Å². The lowest BCUT2D eigenvalue weighted by Gasteiger charge is -2.29. The number of aryl methyl sites for hydroxylation is 1. The van der Waals surface area contributed by atoms with Gasteiger partial charge in [-0.1, -0.05) is 60.0 Å². The molecular formula is C14H19Br. The minimum absolute atomic E-state index is 0.592. The molecule has 0 aromatic heterocycles. The number of hydrogen-bond donors (Lipinski definition) is 0. The van der Waals surface area contributed by atoms with Crippen LogP contribution in [0, 0.1) is 5.92 Å². The normalized spacial score (nSPS) is 24.9. The molecule has 0 N–H and O–H groups in total. The summed E-state index contributed by atoms with van der Waals surface area (Å²) in [6.07, 6.45) is 6.69. The molecule has 1 aliphatic carbocycles. The van der Waals surface area contributed by atoms with E-state index >= 15 is 0 Å². The van der Waals surface area contributed by atoms with Gasteiger partial charge in [-0.25, -0.2) is 0 Å². The molecule has 0 bridgehead atoms. The third kappa shape index (κ3) is 2.44. The highest BCUT2D eigenvalue weighted by molar-refractivity contribution is 9.09. The number of fused-ring (bicyclic) bond motifs is 1. The molecule has 1 aromatic carbocycles. The fourth-order valence-electron chi connectivity index (χ4n) is 2.53. The Bertz CT molecular complexity index is 319. The maximum absolute atomic E-state index is 3.88. The van der Waals surface area contributed by atoms with Gasteiger partial charge >= 0.3 is 0 Å². The Balaban J connectivity index is 2.11. The van der Waals surface area contributed by atoms with Crippen molar-refractivity contribution in [3.05, 3.63) is 35.4 Å². The van der Waals surface area contributed by atoms with E-state index in [-0.39, 0.29) is 0 Å². The van der Waals surface area contributed by atoms with Crippen LogP contribution in [-0.4, -0.2) is 0 Å². The van der Waals surface area contributed by atoms with E-state index in [1.807, 2.05) is 0 Å². The van der Waals surface area contributed by atoms with Crippen LogP contribution in [0.3, 0.4) is 0 Å². The van der Waals surface area contributed by atoms with Gasteiger partial charge in [0.2, 0.25) is 0 Å². The molecule has 0 heterocycles. The fourth-order valence-corrected chi connectivity index (χ4v) is 3.50. The van der Waals surface area contributed by atoms with Crippen molar-refractivity contribution in [2.24, 2.45) is 5.92 Å². The molecule has 0 saturated carbocycles. The van der Waals surface area contributed by atoms with Gasteiger partial charge < -0.3 is 0 Å². The summed E-state index contributed by atoms with van der Waals surface area (Å²) in [5, 5.41) is 0. The molecule has 0 saturated heterocycles. The Hall–Kier alpha value is -0.300. The molecule has 0 fully saturated rings. The summed E-state index contributed by atoms with van der Waals surface area (Å²) in [5.41, 5.74) is 3.08. The van der Waals surface area contributed by atoms with Crippen LogP contribution in [0.2, 0.25) is 0 Å². The van der Waals surface area contributed by atoms with Crippen molar-refractivity contribution in [1.29, 1.82) is 0 Å².